The molecule has 0 aliphatic carbocycles. The molecular weight excluding hydrogens is 231 g/mol. The van der Waals surface area contributed by atoms with E-state index in [1.54, 1.807) is 13.8 Å². The minimum absolute atomic E-state index is 0.0977. The fraction of sp³-hybridized carbons (Fsp3) is 0.533. The molecule has 0 N–H and O–H groups in total. The Morgan fingerprint density at radius 2 is 2.06 bits per heavy atom. The average Bonchev–Trinajstić information content (AvgIpc) is 2.77. The van der Waals surface area contributed by atoms with Crippen LogP contribution in [0.2, 0.25) is 0 Å². The summed E-state index contributed by atoms with van der Waals surface area (Å²) in [6, 6.07) is 2.85. The molecule has 1 aliphatic heterocycles. The molecule has 1 heterocycles. The third kappa shape index (κ3) is 2.96. The molecule has 1 saturated heterocycles. The maximum absolute atomic E-state index is 13.2. The Kier molecular flexibility index (Phi) is 4.12. The Bertz CT molecular complexity index is 425. The van der Waals surface area contributed by atoms with Gasteiger partial charge in [-0.05, 0) is 56.4 Å². The number of halogens is 1. The first kappa shape index (κ1) is 13.2. The Morgan fingerprint density at radius 3 is 2.61 bits per heavy atom. The zero-order valence-corrected chi connectivity index (χ0v) is 11.0. The van der Waals surface area contributed by atoms with Crippen LogP contribution in [0, 0.1) is 19.7 Å². The van der Waals surface area contributed by atoms with E-state index in [9.17, 15) is 9.18 Å². The molecule has 0 aromatic heterocycles. The van der Waals surface area contributed by atoms with Gasteiger partial charge in [0.05, 0.1) is 6.10 Å². The molecule has 2 nitrogen and oxygen atoms in total. The number of aryl methyl sites for hydroxylation is 2. The van der Waals surface area contributed by atoms with Gasteiger partial charge >= 0.3 is 0 Å². The minimum Gasteiger partial charge on any atom is -0.378 e. The Morgan fingerprint density at radius 1 is 1.39 bits per heavy atom. The SMILES string of the molecule is Cc1cc(F)cc(C)c1C(=O)CCC1CCCO1. The van der Waals surface area contributed by atoms with Gasteiger partial charge in [0.15, 0.2) is 5.78 Å². The van der Waals surface area contributed by atoms with Crippen LogP contribution < -0.4 is 0 Å². The minimum atomic E-state index is -0.277. The first-order chi connectivity index (χ1) is 8.58. The van der Waals surface area contributed by atoms with Crippen molar-refractivity contribution in [2.75, 3.05) is 6.61 Å². The summed E-state index contributed by atoms with van der Waals surface area (Å²) in [5.41, 5.74) is 2.13. The number of hydrogen-bond donors (Lipinski definition) is 0. The van der Waals surface area contributed by atoms with E-state index in [2.05, 4.69) is 0 Å². The maximum atomic E-state index is 13.2. The predicted octanol–water partition coefficient (Wildman–Crippen LogP) is 3.58. The highest BCUT2D eigenvalue weighted by molar-refractivity contribution is 5.98. The average molecular weight is 250 g/mol. The number of carbonyl (C=O) groups is 1. The van der Waals surface area contributed by atoms with E-state index >= 15 is 0 Å². The fourth-order valence-electron chi connectivity index (χ4n) is 2.64. The van der Waals surface area contributed by atoms with E-state index < -0.39 is 0 Å². The van der Waals surface area contributed by atoms with Crippen molar-refractivity contribution >= 4 is 5.78 Å². The number of hydrogen-bond acceptors (Lipinski definition) is 2. The Labute approximate surface area is 107 Å². The van der Waals surface area contributed by atoms with E-state index in [-0.39, 0.29) is 17.7 Å². The molecular formula is C15H19FO2. The molecule has 0 amide bonds. The number of rotatable bonds is 4. The van der Waals surface area contributed by atoms with Crippen molar-refractivity contribution in [1.82, 2.24) is 0 Å². The van der Waals surface area contributed by atoms with Crippen LogP contribution in [-0.4, -0.2) is 18.5 Å². The first-order valence-corrected chi connectivity index (χ1v) is 6.49. The number of benzene rings is 1. The number of carbonyl (C=O) groups excluding carboxylic acids is 1. The van der Waals surface area contributed by atoms with Crippen LogP contribution in [0.1, 0.15) is 47.2 Å². The first-order valence-electron chi connectivity index (χ1n) is 6.49. The molecule has 1 fully saturated rings. The van der Waals surface area contributed by atoms with Gasteiger partial charge in [0.25, 0.3) is 0 Å². The molecule has 0 spiro atoms. The van der Waals surface area contributed by atoms with Crippen LogP contribution in [0.5, 0.6) is 0 Å². The smallest absolute Gasteiger partial charge is 0.163 e. The van der Waals surface area contributed by atoms with Crippen molar-refractivity contribution in [3.05, 3.63) is 34.6 Å². The summed E-state index contributed by atoms with van der Waals surface area (Å²) in [5.74, 6) is -0.179. The zero-order valence-electron chi connectivity index (χ0n) is 11.0. The summed E-state index contributed by atoms with van der Waals surface area (Å²) < 4.78 is 18.7. The highest BCUT2D eigenvalue weighted by atomic mass is 19.1. The van der Waals surface area contributed by atoms with Crippen LogP contribution in [0.3, 0.4) is 0 Å². The third-order valence-electron chi connectivity index (χ3n) is 3.49. The van der Waals surface area contributed by atoms with Gasteiger partial charge in [0.1, 0.15) is 5.82 Å². The molecule has 1 unspecified atom stereocenters. The van der Waals surface area contributed by atoms with Crippen molar-refractivity contribution < 1.29 is 13.9 Å². The Balaban J connectivity index is 2.04. The van der Waals surface area contributed by atoms with Crippen molar-refractivity contribution in [2.24, 2.45) is 0 Å². The highest BCUT2D eigenvalue weighted by Crippen LogP contribution is 2.21. The summed E-state index contributed by atoms with van der Waals surface area (Å²) in [7, 11) is 0. The third-order valence-corrected chi connectivity index (χ3v) is 3.49. The van der Waals surface area contributed by atoms with E-state index in [0.29, 0.717) is 12.0 Å². The fourth-order valence-corrected chi connectivity index (χ4v) is 2.64. The van der Waals surface area contributed by atoms with Gasteiger partial charge in [-0.1, -0.05) is 0 Å². The summed E-state index contributed by atoms with van der Waals surface area (Å²) in [5, 5.41) is 0. The number of Topliss-reactive ketones (excluding diaryl/α,β-unsaturated/α-hetero) is 1. The van der Waals surface area contributed by atoms with E-state index in [1.165, 1.54) is 12.1 Å². The van der Waals surface area contributed by atoms with Gasteiger partial charge < -0.3 is 4.74 Å². The Hall–Kier alpha value is -1.22. The summed E-state index contributed by atoms with van der Waals surface area (Å²) in [4.78, 5) is 12.2. The zero-order chi connectivity index (χ0) is 13.1. The van der Waals surface area contributed by atoms with Gasteiger partial charge in [-0.2, -0.15) is 0 Å². The molecule has 0 saturated carbocycles. The van der Waals surface area contributed by atoms with E-state index in [0.717, 1.165) is 37.0 Å². The van der Waals surface area contributed by atoms with E-state index in [1.807, 2.05) is 0 Å². The van der Waals surface area contributed by atoms with Crippen LogP contribution in [0.4, 0.5) is 4.39 Å². The second-order valence-electron chi connectivity index (χ2n) is 5.01. The molecule has 0 radical (unpaired) electrons. The second kappa shape index (κ2) is 5.61. The molecule has 3 heteroatoms. The number of ether oxygens (including phenoxy) is 1. The lowest BCUT2D eigenvalue weighted by Gasteiger charge is -2.11. The van der Waals surface area contributed by atoms with Gasteiger partial charge in [0, 0.05) is 18.6 Å². The molecule has 1 aliphatic rings. The van der Waals surface area contributed by atoms with Crippen molar-refractivity contribution in [1.29, 1.82) is 0 Å². The second-order valence-corrected chi connectivity index (χ2v) is 5.01. The summed E-state index contributed by atoms with van der Waals surface area (Å²) >= 11 is 0. The lowest BCUT2D eigenvalue weighted by Crippen LogP contribution is -2.11. The maximum Gasteiger partial charge on any atom is 0.163 e. The molecule has 2 rings (SSSR count). The predicted molar refractivity (Wildman–Crippen MR) is 68.4 cm³/mol. The normalized spacial score (nSPS) is 19.2. The van der Waals surface area contributed by atoms with Crippen molar-refractivity contribution in [3.63, 3.8) is 0 Å². The molecule has 1 aromatic rings. The lowest BCUT2D eigenvalue weighted by atomic mass is 9.95. The van der Waals surface area contributed by atoms with Crippen LogP contribution in [-0.2, 0) is 4.74 Å². The summed E-state index contributed by atoms with van der Waals surface area (Å²) in [6.07, 6.45) is 3.63. The molecule has 1 aromatic carbocycles. The van der Waals surface area contributed by atoms with Crippen LogP contribution >= 0.6 is 0 Å². The largest absolute Gasteiger partial charge is 0.378 e. The van der Waals surface area contributed by atoms with Crippen LogP contribution in [0.15, 0.2) is 12.1 Å². The number of ketones is 1. The van der Waals surface area contributed by atoms with Gasteiger partial charge in [-0.15, -0.1) is 0 Å². The van der Waals surface area contributed by atoms with Gasteiger partial charge in [-0.3, -0.25) is 4.79 Å². The van der Waals surface area contributed by atoms with Gasteiger partial charge in [-0.25, -0.2) is 4.39 Å². The topological polar surface area (TPSA) is 26.3 Å². The molecule has 0 bridgehead atoms. The molecule has 1 atom stereocenters. The van der Waals surface area contributed by atoms with Crippen LogP contribution in [0.25, 0.3) is 0 Å². The van der Waals surface area contributed by atoms with Crippen molar-refractivity contribution in [2.45, 2.75) is 45.6 Å². The molecule has 18 heavy (non-hydrogen) atoms. The van der Waals surface area contributed by atoms with Gasteiger partial charge in [0.2, 0.25) is 0 Å². The lowest BCUT2D eigenvalue weighted by molar-refractivity contribution is 0.0858. The van der Waals surface area contributed by atoms with Crippen molar-refractivity contribution in [3.8, 4) is 0 Å². The highest BCUT2D eigenvalue weighted by Gasteiger charge is 2.19. The monoisotopic (exact) mass is 250 g/mol. The quantitative estimate of drug-likeness (QED) is 0.763. The molecule has 98 valence electrons. The van der Waals surface area contributed by atoms with E-state index in [4.69, 9.17) is 4.74 Å². The standard InChI is InChI=1S/C15H19FO2/c1-10-8-12(16)9-11(2)15(10)14(17)6-5-13-4-3-7-18-13/h8-9,13H,3-7H2,1-2H3. The summed E-state index contributed by atoms with van der Waals surface area (Å²) in [6.45, 7) is 4.39.